The zero-order valence-corrected chi connectivity index (χ0v) is 19.0. The van der Waals surface area contributed by atoms with Crippen molar-refractivity contribution in [1.29, 1.82) is 0 Å². The Balaban J connectivity index is 2.02. The Bertz CT molecular complexity index is 610. The Kier molecular flexibility index (Phi) is 8.29. The molecule has 0 radical (unpaired) electrons. The standard InChI is InChI=1S/C19H35O9P/c1-11(2)24-10-19(21)9-13(5)7-16(19)27-29(22,23)28-18(20)17-15(25-12(3)4)8-14(6)26-17/h11-17,21H,7-10H2,1-6H3,(H,22,23)/t13-,14-,15?,16+,17-,19-/m0/s1. The topological polar surface area (TPSA) is 121 Å². The number of carbonyl (C=O) groups excluding carboxylic acids is 1. The van der Waals surface area contributed by atoms with Crippen molar-refractivity contribution in [2.45, 2.75) is 103 Å². The zero-order valence-electron chi connectivity index (χ0n) is 18.1. The summed E-state index contributed by atoms with van der Waals surface area (Å²) >= 11 is 0. The molecular formula is C19H35O9P. The number of rotatable bonds is 9. The fourth-order valence-electron chi connectivity index (χ4n) is 3.88. The molecule has 7 atom stereocenters. The molecule has 10 heteroatoms. The van der Waals surface area contributed by atoms with Gasteiger partial charge in [0.25, 0.3) is 0 Å². The van der Waals surface area contributed by atoms with Gasteiger partial charge in [0.1, 0.15) is 11.7 Å². The van der Waals surface area contributed by atoms with Gasteiger partial charge in [0.05, 0.1) is 31.0 Å². The molecule has 9 nitrogen and oxygen atoms in total. The minimum absolute atomic E-state index is 0.0405. The van der Waals surface area contributed by atoms with Crippen LogP contribution in [0.4, 0.5) is 0 Å². The third-order valence-corrected chi connectivity index (χ3v) is 5.94. The summed E-state index contributed by atoms with van der Waals surface area (Å²) in [5, 5.41) is 10.9. The molecule has 1 saturated heterocycles. The molecule has 1 aliphatic carbocycles. The number of phosphoric acid groups is 1. The van der Waals surface area contributed by atoms with E-state index in [1.807, 2.05) is 34.6 Å². The van der Waals surface area contributed by atoms with E-state index in [4.69, 9.17) is 23.3 Å². The average molecular weight is 438 g/mol. The predicted octanol–water partition coefficient (Wildman–Crippen LogP) is 2.57. The fourth-order valence-corrected chi connectivity index (χ4v) is 4.86. The molecule has 0 bridgehead atoms. The Morgan fingerprint density at radius 3 is 2.45 bits per heavy atom. The van der Waals surface area contributed by atoms with E-state index in [2.05, 4.69) is 0 Å². The smallest absolute Gasteiger partial charge is 0.385 e. The highest BCUT2D eigenvalue weighted by Crippen LogP contribution is 2.51. The molecule has 2 fully saturated rings. The number of hydrogen-bond acceptors (Lipinski definition) is 8. The van der Waals surface area contributed by atoms with Crippen LogP contribution in [0.1, 0.15) is 60.8 Å². The van der Waals surface area contributed by atoms with Gasteiger partial charge in [-0.05, 0) is 53.4 Å². The maximum Gasteiger partial charge on any atom is 0.530 e. The highest BCUT2D eigenvalue weighted by molar-refractivity contribution is 7.48. The van der Waals surface area contributed by atoms with Crippen LogP contribution < -0.4 is 0 Å². The second kappa shape index (κ2) is 9.73. The van der Waals surface area contributed by atoms with Crippen LogP contribution in [0.15, 0.2) is 0 Å². The van der Waals surface area contributed by atoms with Gasteiger partial charge in [0.2, 0.25) is 0 Å². The fraction of sp³-hybridized carbons (Fsp3) is 0.947. The van der Waals surface area contributed by atoms with Crippen LogP contribution in [-0.4, -0.2) is 64.8 Å². The van der Waals surface area contributed by atoms with Gasteiger partial charge in [-0.2, -0.15) is 0 Å². The van der Waals surface area contributed by atoms with Gasteiger partial charge in [0.15, 0.2) is 6.10 Å². The minimum Gasteiger partial charge on any atom is -0.385 e. The lowest BCUT2D eigenvalue weighted by molar-refractivity contribution is -0.157. The molecule has 0 amide bonds. The highest BCUT2D eigenvalue weighted by atomic mass is 31.2. The van der Waals surface area contributed by atoms with Crippen molar-refractivity contribution in [2.24, 2.45) is 5.92 Å². The Morgan fingerprint density at radius 1 is 1.21 bits per heavy atom. The molecule has 0 spiro atoms. The number of hydrogen-bond donors (Lipinski definition) is 2. The Morgan fingerprint density at radius 2 is 1.86 bits per heavy atom. The van der Waals surface area contributed by atoms with Gasteiger partial charge < -0.3 is 23.8 Å². The van der Waals surface area contributed by atoms with Crippen LogP contribution >= 0.6 is 7.82 Å². The van der Waals surface area contributed by atoms with E-state index in [0.717, 1.165) is 0 Å². The van der Waals surface area contributed by atoms with E-state index in [9.17, 15) is 19.4 Å². The highest BCUT2D eigenvalue weighted by Gasteiger charge is 2.51. The summed E-state index contributed by atoms with van der Waals surface area (Å²) in [5.41, 5.74) is -1.43. The molecule has 0 aromatic heterocycles. The summed E-state index contributed by atoms with van der Waals surface area (Å²) in [7, 11) is -4.79. The van der Waals surface area contributed by atoms with Gasteiger partial charge in [0, 0.05) is 6.42 Å². The van der Waals surface area contributed by atoms with Crippen LogP contribution in [-0.2, 0) is 32.6 Å². The van der Waals surface area contributed by atoms with Crippen molar-refractivity contribution in [3.63, 3.8) is 0 Å². The van der Waals surface area contributed by atoms with Crippen molar-refractivity contribution >= 4 is 13.8 Å². The van der Waals surface area contributed by atoms with E-state index in [1.54, 1.807) is 6.92 Å². The molecule has 0 aromatic rings. The zero-order chi connectivity index (χ0) is 22.0. The molecule has 2 rings (SSSR count). The van der Waals surface area contributed by atoms with Crippen molar-refractivity contribution in [2.75, 3.05) is 6.61 Å². The van der Waals surface area contributed by atoms with Gasteiger partial charge in [-0.1, -0.05) is 6.92 Å². The van der Waals surface area contributed by atoms with Crippen LogP contribution in [0.5, 0.6) is 0 Å². The van der Waals surface area contributed by atoms with Crippen molar-refractivity contribution in [3.05, 3.63) is 0 Å². The summed E-state index contributed by atoms with van der Waals surface area (Å²) < 4.78 is 39.2. The summed E-state index contributed by atoms with van der Waals surface area (Å²) in [5.74, 6) is -0.960. The monoisotopic (exact) mass is 438 g/mol. The van der Waals surface area contributed by atoms with Crippen LogP contribution in [0.2, 0.25) is 0 Å². The van der Waals surface area contributed by atoms with E-state index < -0.39 is 37.7 Å². The molecule has 2 aliphatic rings. The molecule has 1 saturated carbocycles. The summed E-state index contributed by atoms with van der Waals surface area (Å²) in [6.07, 6.45) is -2.01. The molecule has 29 heavy (non-hydrogen) atoms. The lowest BCUT2D eigenvalue weighted by Crippen LogP contribution is -2.44. The maximum atomic E-state index is 12.5. The van der Waals surface area contributed by atoms with Gasteiger partial charge >= 0.3 is 13.8 Å². The molecule has 170 valence electrons. The van der Waals surface area contributed by atoms with Crippen molar-refractivity contribution in [1.82, 2.24) is 0 Å². The first-order valence-electron chi connectivity index (χ1n) is 10.2. The number of phosphoric ester groups is 1. The van der Waals surface area contributed by atoms with Gasteiger partial charge in [-0.25, -0.2) is 9.36 Å². The quantitative estimate of drug-likeness (QED) is 0.523. The largest absolute Gasteiger partial charge is 0.530 e. The molecular weight excluding hydrogens is 403 g/mol. The molecule has 0 aromatic carbocycles. The molecule has 2 N–H and O–H groups in total. The minimum atomic E-state index is -4.79. The lowest BCUT2D eigenvalue weighted by atomic mass is 10.0. The van der Waals surface area contributed by atoms with E-state index in [0.29, 0.717) is 19.3 Å². The molecule has 1 aliphatic heterocycles. The summed E-state index contributed by atoms with van der Waals surface area (Å²) in [4.78, 5) is 22.7. The second-order valence-corrected chi connectivity index (χ2v) is 10.1. The third kappa shape index (κ3) is 6.99. The summed E-state index contributed by atoms with van der Waals surface area (Å²) in [6, 6.07) is 0. The number of carbonyl (C=O) groups is 1. The summed E-state index contributed by atoms with van der Waals surface area (Å²) in [6.45, 7) is 11.0. The van der Waals surface area contributed by atoms with Crippen molar-refractivity contribution < 1.29 is 42.6 Å². The average Bonchev–Trinajstić information content (AvgIpc) is 3.03. The SMILES string of the molecule is CC(C)OC[C@@]1(O)C[C@@H](C)C[C@H]1OP(=O)(O)OC(=O)[C@H]1O[C@@H](C)CC1OC(C)C. The molecule has 1 heterocycles. The molecule has 2 unspecified atom stereocenters. The van der Waals surface area contributed by atoms with Crippen LogP contribution in [0.3, 0.4) is 0 Å². The second-order valence-electron chi connectivity index (χ2n) is 8.81. The van der Waals surface area contributed by atoms with E-state index >= 15 is 0 Å². The van der Waals surface area contributed by atoms with E-state index in [1.165, 1.54) is 0 Å². The van der Waals surface area contributed by atoms with Crippen molar-refractivity contribution in [3.8, 4) is 0 Å². The third-order valence-electron chi connectivity index (χ3n) is 5.01. The van der Waals surface area contributed by atoms with Crippen LogP contribution in [0.25, 0.3) is 0 Å². The normalized spacial score (nSPS) is 37.2. The maximum absolute atomic E-state index is 12.5. The number of aliphatic hydroxyl groups is 1. The Hall–Kier alpha value is -0.540. The van der Waals surface area contributed by atoms with Gasteiger partial charge in [-0.15, -0.1) is 0 Å². The van der Waals surface area contributed by atoms with Gasteiger partial charge in [-0.3, -0.25) is 9.42 Å². The first-order chi connectivity index (χ1) is 13.3. The predicted molar refractivity (Wildman–Crippen MR) is 104 cm³/mol. The first kappa shape index (κ1) is 24.7. The Labute approximate surface area is 172 Å². The van der Waals surface area contributed by atoms with E-state index in [-0.39, 0.29) is 30.8 Å². The number of ether oxygens (including phenoxy) is 3. The first-order valence-corrected chi connectivity index (χ1v) is 11.7. The lowest BCUT2D eigenvalue weighted by Gasteiger charge is -2.31. The van der Waals surface area contributed by atoms with Crippen LogP contribution in [0, 0.1) is 5.92 Å².